The number of ether oxygens (including phenoxy) is 3. The lowest BCUT2D eigenvalue weighted by molar-refractivity contribution is 0.0635. The third-order valence-corrected chi connectivity index (χ3v) is 4.93. The summed E-state index contributed by atoms with van der Waals surface area (Å²) in [5, 5.41) is 7.71. The number of hydrogen-bond acceptors (Lipinski definition) is 7. The lowest BCUT2D eigenvalue weighted by Gasteiger charge is -2.19. The SMILES string of the molecule is COc1ccc(-c2csc(NC(=O)c3cccc(NC(=O)OC(C)(C)C)c3)n2)cc1OC. The second-order valence-corrected chi connectivity index (χ2v) is 8.63. The molecule has 0 fully saturated rings. The Labute approximate surface area is 190 Å². The van der Waals surface area contributed by atoms with Crippen LogP contribution in [0.15, 0.2) is 47.8 Å². The number of rotatable bonds is 6. The maximum Gasteiger partial charge on any atom is 0.412 e. The number of hydrogen-bond donors (Lipinski definition) is 2. The number of anilines is 2. The minimum atomic E-state index is -0.616. The molecule has 1 aromatic heterocycles. The van der Waals surface area contributed by atoms with E-state index >= 15 is 0 Å². The van der Waals surface area contributed by atoms with E-state index < -0.39 is 11.7 Å². The van der Waals surface area contributed by atoms with E-state index in [2.05, 4.69) is 15.6 Å². The molecule has 32 heavy (non-hydrogen) atoms. The fourth-order valence-corrected chi connectivity index (χ4v) is 3.50. The average Bonchev–Trinajstić information content (AvgIpc) is 3.20. The van der Waals surface area contributed by atoms with Crippen LogP contribution in [0.4, 0.5) is 15.6 Å². The van der Waals surface area contributed by atoms with Gasteiger partial charge >= 0.3 is 6.09 Å². The molecule has 0 aliphatic carbocycles. The number of benzene rings is 2. The van der Waals surface area contributed by atoms with Crippen LogP contribution in [0.2, 0.25) is 0 Å². The van der Waals surface area contributed by atoms with Gasteiger partial charge in [0.1, 0.15) is 5.60 Å². The maximum atomic E-state index is 12.7. The maximum absolute atomic E-state index is 12.7. The highest BCUT2D eigenvalue weighted by Crippen LogP contribution is 2.33. The zero-order chi connectivity index (χ0) is 23.3. The predicted molar refractivity (Wildman–Crippen MR) is 125 cm³/mol. The summed E-state index contributed by atoms with van der Waals surface area (Å²) >= 11 is 1.31. The number of thiazole rings is 1. The summed E-state index contributed by atoms with van der Waals surface area (Å²) in [7, 11) is 3.14. The van der Waals surface area contributed by atoms with E-state index in [-0.39, 0.29) is 5.91 Å². The van der Waals surface area contributed by atoms with Crippen LogP contribution in [0.25, 0.3) is 11.3 Å². The van der Waals surface area contributed by atoms with E-state index in [1.54, 1.807) is 65.3 Å². The molecular weight excluding hydrogens is 430 g/mol. The van der Waals surface area contributed by atoms with Crippen LogP contribution in [-0.2, 0) is 4.74 Å². The van der Waals surface area contributed by atoms with E-state index in [1.165, 1.54) is 11.3 Å². The van der Waals surface area contributed by atoms with Gasteiger partial charge in [0.2, 0.25) is 0 Å². The van der Waals surface area contributed by atoms with Crippen molar-refractivity contribution in [1.82, 2.24) is 4.98 Å². The van der Waals surface area contributed by atoms with Gasteiger partial charge in [0.25, 0.3) is 5.91 Å². The van der Waals surface area contributed by atoms with Crippen LogP contribution >= 0.6 is 11.3 Å². The molecule has 2 amide bonds. The normalized spacial score (nSPS) is 10.9. The van der Waals surface area contributed by atoms with Gasteiger partial charge in [-0.1, -0.05) is 6.07 Å². The molecule has 0 spiro atoms. The Morgan fingerprint density at radius 3 is 2.41 bits per heavy atom. The Morgan fingerprint density at radius 2 is 1.72 bits per heavy atom. The zero-order valence-electron chi connectivity index (χ0n) is 18.5. The van der Waals surface area contributed by atoms with Gasteiger partial charge in [-0.2, -0.15) is 0 Å². The lowest BCUT2D eigenvalue weighted by Crippen LogP contribution is -2.27. The highest BCUT2D eigenvalue weighted by Gasteiger charge is 2.17. The summed E-state index contributed by atoms with van der Waals surface area (Å²) in [6.45, 7) is 5.34. The molecule has 0 saturated heterocycles. The van der Waals surface area contributed by atoms with Crippen molar-refractivity contribution in [2.24, 2.45) is 0 Å². The molecule has 3 rings (SSSR count). The fraction of sp³-hybridized carbons (Fsp3) is 0.261. The number of methoxy groups -OCH3 is 2. The van der Waals surface area contributed by atoms with E-state index in [1.807, 2.05) is 17.5 Å². The largest absolute Gasteiger partial charge is 0.493 e. The first-order chi connectivity index (χ1) is 15.2. The van der Waals surface area contributed by atoms with Crippen LogP contribution in [0.3, 0.4) is 0 Å². The van der Waals surface area contributed by atoms with E-state index in [9.17, 15) is 9.59 Å². The van der Waals surface area contributed by atoms with Crippen molar-refractivity contribution in [2.75, 3.05) is 24.9 Å². The zero-order valence-corrected chi connectivity index (χ0v) is 19.3. The Bertz CT molecular complexity index is 1120. The van der Waals surface area contributed by atoms with E-state index in [0.29, 0.717) is 33.6 Å². The van der Waals surface area contributed by atoms with Crippen LogP contribution in [-0.4, -0.2) is 36.8 Å². The summed E-state index contributed by atoms with van der Waals surface area (Å²) < 4.78 is 15.8. The quantitative estimate of drug-likeness (QED) is 0.514. The molecule has 8 nitrogen and oxygen atoms in total. The number of aromatic nitrogens is 1. The molecule has 0 bridgehead atoms. The monoisotopic (exact) mass is 455 g/mol. The second-order valence-electron chi connectivity index (χ2n) is 7.77. The number of nitrogens with zero attached hydrogens (tertiary/aromatic N) is 1. The molecule has 9 heteroatoms. The van der Waals surface area contributed by atoms with Gasteiger partial charge in [-0.15, -0.1) is 11.3 Å². The molecule has 0 aliphatic rings. The number of carbonyl (C=O) groups is 2. The van der Waals surface area contributed by atoms with Crippen LogP contribution < -0.4 is 20.1 Å². The summed E-state index contributed by atoms with van der Waals surface area (Å²) in [6, 6.07) is 12.1. The van der Waals surface area contributed by atoms with Gasteiger partial charge in [0, 0.05) is 22.2 Å². The van der Waals surface area contributed by atoms with Crippen molar-refractivity contribution >= 4 is 34.2 Å². The molecule has 0 aliphatic heterocycles. The molecular formula is C23H25N3O5S. The smallest absolute Gasteiger partial charge is 0.412 e. The Hall–Kier alpha value is -3.59. The Kier molecular flexibility index (Phi) is 6.99. The summed E-state index contributed by atoms with van der Waals surface area (Å²) in [4.78, 5) is 29.1. The topological polar surface area (TPSA) is 98.8 Å². The van der Waals surface area contributed by atoms with Gasteiger partial charge in [-0.05, 0) is 57.2 Å². The summed E-state index contributed by atoms with van der Waals surface area (Å²) in [5.74, 6) is 0.879. The lowest BCUT2D eigenvalue weighted by atomic mass is 10.1. The van der Waals surface area contributed by atoms with Crippen LogP contribution in [0.1, 0.15) is 31.1 Å². The third kappa shape index (κ3) is 5.98. The molecule has 2 N–H and O–H groups in total. The van der Waals surface area contributed by atoms with E-state index in [0.717, 1.165) is 5.56 Å². The van der Waals surface area contributed by atoms with Crippen molar-refractivity contribution in [3.05, 3.63) is 53.4 Å². The minimum absolute atomic E-state index is 0.342. The summed E-state index contributed by atoms with van der Waals surface area (Å²) in [5.41, 5.74) is 1.75. The predicted octanol–water partition coefficient (Wildman–Crippen LogP) is 5.43. The standard InChI is InChI=1S/C23H25N3O5S/c1-23(2,3)31-22(28)24-16-8-6-7-15(11-16)20(27)26-21-25-17(13-32-21)14-9-10-18(29-4)19(12-14)30-5/h6-13H,1-5H3,(H,24,28)(H,25,26,27). The van der Waals surface area contributed by atoms with Gasteiger partial charge in [-0.3, -0.25) is 15.4 Å². The molecule has 0 unspecified atom stereocenters. The first-order valence-corrected chi connectivity index (χ1v) is 10.7. The van der Waals surface area contributed by atoms with Gasteiger partial charge in [0.15, 0.2) is 16.6 Å². The number of amides is 2. The van der Waals surface area contributed by atoms with E-state index in [4.69, 9.17) is 14.2 Å². The molecule has 168 valence electrons. The number of nitrogens with one attached hydrogen (secondary N) is 2. The third-order valence-electron chi connectivity index (χ3n) is 4.17. The molecule has 0 atom stereocenters. The van der Waals surface area contributed by atoms with Crippen molar-refractivity contribution < 1.29 is 23.8 Å². The molecule has 0 saturated carbocycles. The second kappa shape index (κ2) is 9.69. The van der Waals surface area contributed by atoms with Gasteiger partial charge in [-0.25, -0.2) is 9.78 Å². The highest BCUT2D eigenvalue weighted by molar-refractivity contribution is 7.14. The average molecular weight is 456 g/mol. The molecule has 3 aromatic rings. The molecule has 1 heterocycles. The minimum Gasteiger partial charge on any atom is -0.493 e. The van der Waals surface area contributed by atoms with Gasteiger partial charge < -0.3 is 14.2 Å². The van der Waals surface area contributed by atoms with Crippen molar-refractivity contribution in [1.29, 1.82) is 0 Å². The Morgan fingerprint density at radius 1 is 0.969 bits per heavy atom. The van der Waals surface area contributed by atoms with Crippen LogP contribution in [0, 0.1) is 0 Å². The molecule has 2 aromatic carbocycles. The highest BCUT2D eigenvalue weighted by atomic mass is 32.1. The molecule has 0 radical (unpaired) electrons. The number of carbonyl (C=O) groups excluding carboxylic acids is 2. The first-order valence-electron chi connectivity index (χ1n) is 9.78. The fourth-order valence-electron chi connectivity index (χ4n) is 2.79. The van der Waals surface area contributed by atoms with Crippen molar-refractivity contribution in [3.63, 3.8) is 0 Å². The first kappa shape index (κ1) is 23.1. The Balaban J connectivity index is 1.70. The van der Waals surface area contributed by atoms with Gasteiger partial charge in [0.05, 0.1) is 19.9 Å². The van der Waals surface area contributed by atoms with Crippen LogP contribution in [0.5, 0.6) is 11.5 Å². The van der Waals surface area contributed by atoms with Crippen molar-refractivity contribution in [3.8, 4) is 22.8 Å². The van der Waals surface area contributed by atoms with Crippen molar-refractivity contribution in [2.45, 2.75) is 26.4 Å². The summed E-state index contributed by atoms with van der Waals surface area (Å²) in [6.07, 6.45) is -0.588.